The van der Waals surface area contributed by atoms with Crippen molar-refractivity contribution in [1.29, 1.82) is 0 Å². The molecule has 20 heavy (non-hydrogen) atoms. The van der Waals surface area contributed by atoms with Crippen LogP contribution in [0.1, 0.15) is 21.6 Å². The number of hydrogen-bond acceptors (Lipinski definition) is 2. The molecule has 0 unspecified atom stereocenters. The van der Waals surface area contributed by atoms with Gasteiger partial charge in [-0.25, -0.2) is 9.78 Å². The van der Waals surface area contributed by atoms with E-state index in [1.807, 2.05) is 23.5 Å². The molecule has 0 aliphatic carbocycles. The van der Waals surface area contributed by atoms with Gasteiger partial charge in [-0.1, -0.05) is 24.3 Å². The van der Waals surface area contributed by atoms with Gasteiger partial charge in [0.15, 0.2) is 0 Å². The number of aromatic nitrogens is 2. The number of aromatic carboxylic acids is 1. The molecule has 0 aliphatic heterocycles. The van der Waals surface area contributed by atoms with E-state index in [9.17, 15) is 4.79 Å². The van der Waals surface area contributed by atoms with Crippen LogP contribution in [0.5, 0.6) is 0 Å². The Bertz CT molecular complexity index is 818. The maximum Gasteiger partial charge on any atom is 0.335 e. The van der Waals surface area contributed by atoms with Crippen LogP contribution in [0, 0.1) is 13.8 Å². The molecule has 4 heteroatoms. The fourth-order valence-electron chi connectivity index (χ4n) is 2.46. The molecule has 0 radical (unpaired) electrons. The van der Waals surface area contributed by atoms with E-state index in [0.717, 1.165) is 17.0 Å². The van der Waals surface area contributed by atoms with Crippen molar-refractivity contribution in [2.45, 2.75) is 13.8 Å². The summed E-state index contributed by atoms with van der Waals surface area (Å²) >= 11 is 0. The van der Waals surface area contributed by atoms with Crippen molar-refractivity contribution in [1.82, 2.24) is 9.38 Å². The zero-order valence-electron chi connectivity index (χ0n) is 11.3. The lowest BCUT2D eigenvalue weighted by molar-refractivity contribution is 0.0697. The molecule has 3 rings (SSSR count). The van der Waals surface area contributed by atoms with Crippen molar-refractivity contribution in [2.75, 3.05) is 0 Å². The van der Waals surface area contributed by atoms with E-state index in [1.165, 1.54) is 5.56 Å². The van der Waals surface area contributed by atoms with Crippen LogP contribution in [-0.2, 0) is 0 Å². The number of hydrogen-bond donors (Lipinski definition) is 1. The minimum absolute atomic E-state index is 0.249. The summed E-state index contributed by atoms with van der Waals surface area (Å²) in [6, 6.07) is 11.3. The van der Waals surface area contributed by atoms with Crippen molar-refractivity contribution in [3.05, 3.63) is 59.4 Å². The summed E-state index contributed by atoms with van der Waals surface area (Å²) in [5.74, 6) is -0.939. The molecular formula is C16H14N2O2. The molecular weight excluding hydrogens is 252 g/mol. The smallest absolute Gasteiger partial charge is 0.335 e. The van der Waals surface area contributed by atoms with Gasteiger partial charge >= 0.3 is 5.97 Å². The minimum Gasteiger partial charge on any atom is -0.478 e. The average Bonchev–Trinajstić information content (AvgIpc) is 2.74. The molecule has 2 aromatic heterocycles. The average molecular weight is 266 g/mol. The van der Waals surface area contributed by atoms with E-state index in [0.29, 0.717) is 5.65 Å². The Morgan fingerprint density at radius 2 is 1.95 bits per heavy atom. The summed E-state index contributed by atoms with van der Waals surface area (Å²) in [5, 5.41) is 9.04. The first-order valence-corrected chi connectivity index (χ1v) is 6.36. The topological polar surface area (TPSA) is 54.6 Å². The number of nitrogens with zero attached hydrogens (tertiary/aromatic N) is 2. The fourth-order valence-corrected chi connectivity index (χ4v) is 2.46. The normalized spacial score (nSPS) is 10.9. The lowest BCUT2D eigenvalue weighted by Crippen LogP contribution is -1.98. The Hall–Kier alpha value is -2.62. The Kier molecular flexibility index (Phi) is 2.79. The van der Waals surface area contributed by atoms with Crippen molar-refractivity contribution in [3.8, 4) is 11.3 Å². The molecule has 1 aromatic carbocycles. The molecule has 2 heterocycles. The molecule has 0 amide bonds. The zero-order chi connectivity index (χ0) is 14.3. The number of carboxylic acids is 1. The van der Waals surface area contributed by atoms with E-state index in [4.69, 9.17) is 5.11 Å². The van der Waals surface area contributed by atoms with Crippen LogP contribution in [0.3, 0.4) is 0 Å². The fraction of sp³-hybridized carbons (Fsp3) is 0.125. The predicted octanol–water partition coefficient (Wildman–Crippen LogP) is 3.32. The predicted molar refractivity (Wildman–Crippen MR) is 77.1 cm³/mol. The number of rotatable bonds is 2. The van der Waals surface area contributed by atoms with Crippen LogP contribution in [0.2, 0.25) is 0 Å². The highest BCUT2D eigenvalue weighted by Gasteiger charge is 2.14. The van der Waals surface area contributed by atoms with E-state index in [-0.39, 0.29) is 5.56 Å². The van der Waals surface area contributed by atoms with Crippen LogP contribution in [-0.4, -0.2) is 20.5 Å². The summed E-state index contributed by atoms with van der Waals surface area (Å²) < 4.78 is 1.93. The van der Waals surface area contributed by atoms with E-state index < -0.39 is 5.97 Å². The van der Waals surface area contributed by atoms with Gasteiger partial charge in [-0.3, -0.25) is 4.40 Å². The van der Waals surface area contributed by atoms with Crippen molar-refractivity contribution < 1.29 is 9.90 Å². The molecule has 0 spiro atoms. The number of fused-ring (bicyclic) bond motifs is 1. The van der Waals surface area contributed by atoms with Gasteiger partial charge in [0.25, 0.3) is 0 Å². The molecule has 4 nitrogen and oxygen atoms in total. The van der Waals surface area contributed by atoms with Gasteiger partial charge in [-0.15, -0.1) is 0 Å². The summed E-state index contributed by atoms with van der Waals surface area (Å²) in [6.45, 7) is 4.00. The highest BCUT2D eigenvalue weighted by molar-refractivity contribution is 5.89. The van der Waals surface area contributed by atoms with Gasteiger partial charge < -0.3 is 5.11 Å². The van der Waals surface area contributed by atoms with Gasteiger partial charge in [0.1, 0.15) is 5.65 Å². The summed E-state index contributed by atoms with van der Waals surface area (Å²) in [4.78, 5) is 15.5. The first kappa shape index (κ1) is 12.4. The molecule has 0 fully saturated rings. The Labute approximate surface area is 116 Å². The van der Waals surface area contributed by atoms with E-state index in [1.54, 1.807) is 18.3 Å². The second kappa shape index (κ2) is 4.49. The lowest BCUT2D eigenvalue weighted by Gasteiger charge is -2.07. The molecule has 0 aliphatic rings. The van der Waals surface area contributed by atoms with Crippen LogP contribution in [0.25, 0.3) is 16.9 Å². The van der Waals surface area contributed by atoms with Gasteiger partial charge in [0.05, 0.1) is 17.0 Å². The highest BCUT2D eigenvalue weighted by Crippen LogP contribution is 2.27. The summed E-state index contributed by atoms with van der Waals surface area (Å²) in [7, 11) is 0. The Balaban J connectivity index is 2.29. The van der Waals surface area contributed by atoms with Crippen LogP contribution < -0.4 is 0 Å². The molecule has 0 atom stereocenters. The van der Waals surface area contributed by atoms with Crippen molar-refractivity contribution >= 4 is 11.6 Å². The molecule has 0 saturated heterocycles. The standard InChI is InChI=1S/C16H14N2O2/c1-10-5-3-4-6-13(10)15-11(2)17-14-9-12(16(19)20)7-8-18(14)15/h3-9H,1-2H3,(H,19,20). The quantitative estimate of drug-likeness (QED) is 0.774. The molecule has 0 bridgehead atoms. The number of benzene rings is 1. The van der Waals surface area contributed by atoms with Crippen molar-refractivity contribution in [3.63, 3.8) is 0 Å². The van der Waals surface area contributed by atoms with Gasteiger partial charge in [0.2, 0.25) is 0 Å². The summed E-state index contributed by atoms with van der Waals surface area (Å²) in [6.07, 6.45) is 1.76. The van der Waals surface area contributed by atoms with Gasteiger partial charge in [-0.05, 0) is 31.5 Å². The van der Waals surface area contributed by atoms with Gasteiger partial charge in [-0.2, -0.15) is 0 Å². The SMILES string of the molecule is Cc1ccccc1-c1c(C)nc2cc(C(=O)O)ccn12. The number of pyridine rings is 1. The lowest BCUT2D eigenvalue weighted by atomic mass is 10.0. The first-order valence-electron chi connectivity index (χ1n) is 6.36. The Morgan fingerprint density at radius 3 is 2.65 bits per heavy atom. The maximum absolute atomic E-state index is 11.0. The molecule has 3 aromatic rings. The zero-order valence-corrected chi connectivity index (χ0v) is 11.3. The van der Waals surface area contributed by atoms with Gasteiger partial charge in [0, 0.05) is 11.8 Å². The number of carboxylic acid groups (broad SMARTS) is 1. The largest absolute Gasteiger partial charge is 0.478 e. The molecule has 100 valence electrons. The third kappa shape index (κ3) is 1.86. The van der Waals surface area contributed by atoms with Crippen LogP contribution in [0.4, 0.5) is 0 Å². The number of imidazole rings is 1. The second-order valence-corrected chi connectivity index (χ2v) is 4.81. The minimum atomic E-state index is -0.939. The monoisotopic (exact) mass is 266 g/mol. The molecule has 1 N–H and O–H groups in total. The molecule has 0 saturated carbocycles. The van der Waals surface area contributed by atoms with E-state index >= 15 is 0 Å². The Morgan fingerprint density at radius 1 is 1.20 bits per heavy atom. The first-order chi connectivity index (χ1) is 9.58. The van der Waals surface area contributed by atoms with Crippen LogP contribution in [0.15, 0.2) is 42.6 Å². The number of aryl methyl sites for hydroxylation is 2. The number of carbonyl (C=O) groups is 1. The maximum atomic E-state index is 11.0. The summed E-state index contributed by atoms with van der Waals surface area (Å²) in [5.41, 5.74) is 5.08. The third-order valence-corrected chi connectivity index (χ3v) is 3.45. The third-order valence-electron chi connectivity index (χ3n) is 3.45. The highest BCUT2D eigenvalue weighted by atomic mass is 16.4. The second-order valence-electron chi connectivity index (χ2n) is 4.81. The van der Waals surface area contributed by atoms with E-state index in [2.05, 4.69) is 24.0 Å². The van der Waals surface area contributed by atoms with Crippen molar-refractivity contribution in [2.24, 2.45) is 0 Å². The van der Waals surface area contributed by atoms with Crippen LogP contribution >= 0.6 is 0 Å².